The summed E-state index contributed by atoms with van der Waals surface area (Å²) in [5.74, 6) is 0.847. The van der Waals surface area contributed by atoms with E-state index in [0.29, 0.717) is 0 Å². The Morgan fingerprint density at radius 2 is 2.04 bits per heavy atom. The van der Waals surface area contributed by atoms with E-state index in [1.54, 1.807) is 11.3 Å². The predicted molar refractivity (Wildman–Crippen MR) is 99.3 cm³/mol. The van der Waals surface area contributed by atoms with Crippen molar-refractivity contribution >= 4 is 17.3 Å². The van der Waals surface area contributed by atoms with Gasteiger partial charge < -0.3 is 10.6 Å². The summed E-state index contributed by atoms with van der Waals surface area (Å²) in [5, 5.41) is 10.1. The number of hydrogen-bond donors (Lipinski definition) is 2. The van der Waals surface area contributed by atoms with E-state index in [2.05, 4.69) is 58.0 Å². The van der Waals surface area contributed by atoms with Crippen LogP contribution < -0.4 is 10.6 Å². The minimum atomic E-state index is 0.789. The Morgan fingerprint density at radius 1 is 1.22 bits per heavy atom. The van der Waals surface area contributed by atoms with Gasteiger partial charge in [0.1, 0.15) is 0 Å². The molecule has 0 fully saturated rings. The van der Waals surface area contributed by atoms with Crippen LogP contribution in [0.25, 0.3) is 0 Å². The van der Waals surface area contributed by atoms with Crippen molar-refractivity contribution in [2.75, 3.05) is 13.6 Å². The van der Waals surface area contributed by atoms with Crippen LogP contribution in [0, 0.1) is 20.8 Å². The van der Waals surface area contributed by atoms with Crippen LogP contribution in [0.15, 0.2) is 28.6 Å². The van der Waals surface area contributed by atoms with Gasteiger partial charge in [0.25, 0.3) is 0 Å². The second-order valence-electron chi connectivity index (χ2n) is 5.77. The highest BCUT2D eigenvalue weighted by atomic mass is 32.1. The molecule has 23 heavy (non-hydrogen) atoms. The van der Waals surface area contributed by atoms with E-state index < -0.39 is 0 Å². The standard InChI is InChI=1S/C18H26N4S/c1-13-7-8-16(14(2)10-13)11-21-18(19-4)20-9-5-6-17-22-15(3)12-23-17/h7-8,10,12H,5-6,9,11H2,1-4H3,(H2,19,20,21). The molecule has 1 heterocycles. The first-order valence-electron chi connectivity index (χ1n) is 8.00. The van der Waals surface area contributed by atoms with E-state index in [-0.39, 0.29) is 0 Å². The zero-order valence-electron chi connectivity index (χ0n) is 14.4. The molecule has 5 heteroatoms. The van der Waals surface area contributed by atoms with Gasteiger partial charge in [-0.15, -0.1) is 11.3 Å². The van der Waals surface area contributed by atoms with E-state index in [9.17, 15) is 0 Å². The fourth-order valence-corrected chi connectivity index (χ4v) is 3.23. The summed E-state index contributed by atoms with van der Waals surface area (Å²) >= 11 is 1.74. The van der Waals surface area contributed by atoms with Gasteiger partial charge in [0.2, 0.25) is 0 Å². The van der Waals surface area contributed by atoms with Crippen LogP contribution >= 0.6 is 11.3 Å². The van der Waals surface area contributed by atoms with Gasteiger partial charge in [-0.1, -0.05) is 23.8 Å². The smallest absolute Gasteiger partial charge is 0.191 e. The predicted octanol–water partition coefficient (Wildman–Crippen LogP) is 3.37. The molecular weight excluding hydrogens is 304 g/mol. The summed E-state index contributed by atoms with van der Waals surface area (Å²) in [7, 11) is 1.81. The maximum Gasteiger partial charge on any atom is 0.191 e. The van der Waals surface area contributed by atoms with Crippen LogP contribution in [0.2, 0.25) is 0 Å². The normalized spacial score (nSPS) is 11.6. The lowest BCUT2D eigenvalue weighted by Crippen LogP contribution is -2.37. The highest BCUT2D eigenvalue weighted by Gasteiger charge is 2.02. The molecule has 1 aromatic carbocycles. The van der Waals surface area contributed by atoms with Crippen molar-refractivity contribution in [3.63, 3.8) is 0 Å². The Bertz CT molecular complexity index is 661. The van der Waals surface area contributed by atoms with Gasteiger partial charge in [-0.3, -0.25) is 4.99 Å². The molecule has 124 valence electrons. The van der Waals surface area contributed by atoms with Crippen LogP contribution in [-0.2, 0) is 13.0 Å². The van der Waals surface area contributed by atoms with Crippen LogP contribution in [0.1, 0.15) is 33.8 Å². The molecule has 0 atom stereocenters. The van der Waals surface area contributed by atoms with Crippen molar-refractivity contribution in [1.82, 2.24) is 15.6 Å². The number of nitrogens with zero attached hydrogens (tertiary/aromatic N) is 2. The van der Waals surface area contributed by atoms with Crippen LogP contribution in [0.5, 0.6) is 0 Å². The molecule has 0 unspecified atom stereocenters. The maximum atomic E-state index is 4.49. The molecule has 2 rings (SSSR count). The van der Waals surface area contributed by atoms with Crippen molar-refractivity contribution in [2.24, 2.45) is 4.99 Å². The average Bonchev–Trinajstić information content (AvgIpc) is 2.93. The number of aliphatic imine (C=N–C) groups is 1. The van der Waals surface area contributed by atoms with E-state index in [0.717, 1.165) is 37.6 Å². The number of hydrogen-bond acceptors (Lipinski definition) is 3. The maximum absolute atomic E-state index is 4.49. The quantitative estimate of drug-likeness (QED) is 0.485. The molecule has 0 radical (unpaired) electrons. The second-order valence-corrected chi connectivity index (χ2v) is 6.71. The fraction of sp³-hybridized carbons (Fsp3) is 0.444. The average molecular weight is 331 g/mol. The van der Waals surface area contributed by atoms with Gasteiger partial charge in [-0.25, -0.2) is 4.98 Å². The van der Waals surface area contributed by atoms with Crippen LogP contribution in [-0.4, -0.2) is 24.5 Å². The third kappa shape index (κ3) is 5.67. The molecule has 2 aromatic rings. The molecule has 0 amide bonds. The van der Waals surface area contributed by atoms with E-state index in [4.69, 9.17) is 0 Å². The first-order valence-corrected chi connectivity index (χ1v) is 8.88. The van der Waals surface area contributed by atoms with Gasteiger partial charge >= 0.3 is 0 Å². The summed E-state index contributed by atoms with van der Waals surface area (Å²) in [6, 6.07) is 6.54. The topological polar surface area (TPSA) is 49.3 Å². The van der Waals surface area contributed by atoms with E-state index >= 15 is 0 Å². The lowest BCUT2D eigenvalue weighted by atomic mass is 10.1. The minimum Gasteiger partial charge on any atom is -0.356 e. The summed E-state index contributed by atoms with van der Waals surface area (Å²) in [4.78, 5) is 8.77. The van der Waals surface area contributed by atoms with E-state index in [1.165, 1.54) is 21.7 Å². The number of guanidine groups is 1. The lowest BCUT2D eigenvalue weighted by molar-refractivity contribution is 0.738. The summed E-state index contributed by atoms with van der Waals surface area (Å²) in [5.41, 5.74) is 5.03. The molecule has 0 bridgehead atoms. The van der Waals surface area contributed by atoms with Crippen molar-refractivity contribution in [3.8, 4) is 0 Å². The molecular formula is C18H26N4S. The Morgan fingerprint density at radius 3 is 2.70 bits per heavy atom. The van der Waals surface area contributed by atoms with Crippen LogP contribution in [0.4, 0.5) is 0 Å². The van der Waals surface area contributed by atoms with Crippen LogP contribution in [0.3, 0.4) is 0 Å². The Kier molecular flexibility index (Phi) is 6.59. The number of aromatic nitrogens is 1. The fourth-order valence-electron chi connectivity index (χ4n) is 2.41. The molecule has 0 aliphatic heterocycles. The molecule has 0 aliphatic rings. The number of nitrogens with one attached hydrogen (secondary N) is 2. The third-order valence-electron chi connectivity index (χ3n) is 3.69. The highest BCUT2D eigenvalue weighted by Crippen LogP contribution is 2.11. The molecule has 0 saturated carbocycles. The minimum absolute atomic E-state index is 0.789. The molecule has 2 N–H and O–H groups in total. The molecule has 0 spiro atoms. The summed E-state index contributed by atoms with van der Waals surface area (Å²) in [6.45, 7) is 7.99. The van der Waals surface area contributed by atoms with Gasteiger partial charge in [-0.2, -0.15) is 0 Å². The van der Waals surface area contributed by atoms with Crippen molar-refractivity contribution < 1.29 is 0 Å². The third-order valence-corrected chi connectivity index (χ3v) is 4.72. The zero-order chi connectivity index (χ0) is 16.7. The molecule has 4 nitrogen and oxygen atoms in total. The van der Waals surface area contributed by atoms with Crippen molar-refractivity contribution in [3.05, 3.63) is 51.0 Å². The molecule has 1 aromatic heterocycles. The lowest BCUT2D eigenvalue weighted by Gasteiger charge is -2.13. The first-order chi connectivity index (χ1) is 11.1. The van der Waals surface area contributed by atoms with Gasteiger partial charge in [-0.05, 0) is 38.3 Å². The van der Waals surface area contributed by atoms with E-state index in [1.807, 2.05) is 14.0 Å². The second kappa shape index (κ2) is 8.67. The van der Waals surface area contributed by atoms with Gasteiger partial charge in [0.15, 0.2) is 5.96 Å². The number of thiazole rings is 1. The Hall–Kier alpha value is -1.88. The van der Waals surface area contributed by atoms with Crippen molar-refractivity contribution in [1.29, 1.82) is 0 Å². The Labute approximate surface area is 143 Å². The van der Waals surface area contributed by atoms with Gasteiger partial charge in [0.05, 0.1) is 5.01 Å². The summed E-state index contributed by atoms with van der Waals surface area (Å²) in [6.07, 6.45) is 2.07. The zero-order valence-corrected chi connectivity index (χ0v) is 15.3. The first kappa shape index (κ1) is 17.5. The summed E-state index contributed by atoms with van der Waals surface area (Å²) < 4.78 is 0. The number of aryl methyl sites for hydroxylation is 4. The number of rotatable bonds is 6. The molecule has 0 saturated heterocycles. The van der Waals surface area contributed by atoms with Crippen molar-refractivity contribution in [2.45, 2.75) is 40.2 Å². The van der Waals surface area contributed by atoms with Gasteiger partial charge in [0, 0.05) is 37.6 Å². The monoisotopic (exact) mass is 330 g/mol. The SMILES string of the molecule is CN=C(NCCCc1nc(C)cs1)NCc1ccc(C)cc1C. The number of benzene rings is 1. The Balaban J connectivity index is 1.73. The highest BCUT2D eigenvalue weighted by molar-refractivity contribution is 7.09. The molecule has 0 aliphatic carbocycles. The largest absolute Gasteiger partial charge is 0.356 e.